The molecule has 0 aromatic heterocycles. The van der Waals surface area contributed by atoms with Crippen molar-refractivity contribution >= 4 is 34.6 Å². The number of hydrogen-bond acceptors (Lipinski definition) is 4. The van der Waals surface area contributed by atoms with Crippen LogP contribution in [-0.4, -0.2) is 20.0 Å². The summed E-state index contributed by atoms with van der Waals surface area (Å²) in [6, 6.07) is 14.7. The number of aryl methyl sites for hydroxylation is 1. The molecule has 0 radical (unpaired) electrons. The molecule has 2 aromatic rings. The van der Waals surface area contributed by atoms with Crippen molar-refractivity contribution in [3.05, 3.63) is 64.8 Å². The van der Waals surface area contributed by atoms with Crippen LogP contribution in [0.4, 0.5) is 17.1 Å². The van der Waals surface area contributed by atoms with E-state index in [9.17, 15) is 10.1 Å². The molecule has 2 rings (SSSR count). The molecule has 0 saturated carbocycles. The maximum atomic E-state index is 12.2. The van der Waals surface area contributed by atoms with E-state index in [4.69, 9.17) is 11.6 Å². The lowest BCUT2D eigenvalue weighted by atomic mass is 10.2. The van der Waals surface area contributed by atoms with Crippen LogP contribution >= 0.6 is 11.6 Å². The van der Waals surface area contributed by atoms with Gasteiger partial charge in [-0.25, -0.2) is 0 Å². The molecule has 5 nitrogen and oxygen atoms in total. The van der Waals surface area contributed by atoms with Gasteiger partial charge in [0.15, 0.2) is 0 Å². The SMILES string of the molecule is Cc1ccc(NC(=O)/C(C#N)=C\Nc2ccc(N(C)C)cc2)cc1Cl. The number of amides is 1. The number of nitrogens with one attached hydrogen (secondary N) is 2. The maximum Gasteiger partial charge on any atom is 0.267 e. The van der Waals surface area contributed by atoms with E-state index in [0.29, 0.717) is 10.7 Å². The molecule has 2 N–H and O–H groups in total. The molecule has 25 heavy (non-hydrogen) atoms. The minimum Gasteiger partial charge on any atom is -0.378 e. The highest BCUT2D eigenvalue weighted by molar-refractivity contribution is 6.31. The highest BCUT2D eigenvalue weighted by Crippen LogP contribution is 2.20. The molecule has 0 atom stereocenters. The maximum absolute atomic E-state index is 12.2. The number of hydrogen-bond donors (Lipinski definition) is 2. The van der Waals surface area contributed by atoms with Crippen LogP contribution in [0.3, 0.4) is 0 Å². The lowest BCUT2D eigenvalue weighted by Gasteiger charge is -2.12. The number of halogens is 1. The van der Waals surface area contributed by atoms with Gasteiger partial charge >= 0.3 is 0 Å². The summed E-state index contributed by atoms with van der Waals surface area (Å²) in [6.07, 6.45) is 1.38. The van der Waals surface area contributed by atoms with Crippen molar-refractivity contribution in [1.82, 2.24) is 0 Å². The van der Waals surface area contributed by atoms with E-state index in [-0.39, 0.29) is 5.57 Å². The lowest BCUT2D eigenvalue weighted by Crippen LogP contribution is -2.14. The Morgan fingerprint density at radius 1 is 1.16 bits per heavy atom. The number of carbonyl (C=O) groups excluding carboxylic acids is 1. The predicted molar refractivity (Wildman–Crippen MR) is 103 cm³/mol. The second-order valence-corrected chi connectivity index (χ2v) is 6.08. The summed E-state index contributed by atoms with van der Waals surface area (Å²) in [4.78, 5) is 14.2. The average Bonchev–Trinajstić information content (AvgIpc) is 2.59. The Labute approximate surface area is 152 Å². The van der Waals surface area contributed by atoms with Gasteiger partial charge in [-0.1, -0.05) is 17.7 Å². The fourth-order valence-electron chi connectivity index (χ4n) is 2.03. The quantitative estimate of drug-likeness (QED) is 0.624. The number of carbonyl (C=O) groups is 1. The molecule has 1 amide bonds. The number of nitriles is 1. The van der Waals surface area contributed by atoms with Crippen molar-refractivity contribution in [2.75, 3.05) is 29.6 Å². The minimum atomic E-state index is -0.500. The Kier molecular flexibility index (Phi) is 6.04. The van der Waals surface area contributed by atoms with E-state index in [0.717, 1.165) is 16.9 Å². The monoisotopic (exact) mass is 354 g/mol. The van der Waals surface area contributed by atoms with Gasteiger partial charge in [0.2, 0.25) is 0 Å². The molecule has 0 bridgehead atoms. The molecule has 0 heterocycles. The van der Waals surface area contributed by atoms with Gasteiger partial charge in [0.05, 0.1) is 0 Å². The van der Waals surface area contributed by atoms with E-state index in [1.54, 1.807) is 18.2 Å². The summed E-state index contributed by atoms with van der Waals surface area (Å²) in [7, 11) is 3.91. The standard InChI is InChI=1S/C19H19ClN4O/c1-13-4-5-16(10-18(13)20)23-19(25)14(11-21)12-22-15-6-8-17(9-7-15)24(2)3/h4-10,12,22H,1-3H3,(H,23,25)/b14-12-. The molecule has 0 unspecified atom stereocenters. The van der Waals surface area contributed by atoms with Crippen LogP contribution in [0.15, 0.2) is 54.2 Å². The van der Waals surface area contributed by atoms with Crippen molar-refractivity contribution in [3.63, 3.8) is 0 Å². The first-order valence-corrected chi connectivity index (χ1v) is 8.00. The van der Waals surface area contributed by atoms with Crippen molar-refractivity contribution in [3.8, 4) is 6.07 Å². The third kappa shape index (κ3) is 5.00. The third-order valence-corrected chi connectivity index (χ3v) is 3.97. The first kappa shape index (κ1) is 18.4. The normalized spacial score (nSPS) is 10.8. The smallest absolute Gasteiger partial charge is 0.267 e. The molecule has 0 aliphatic rings. The Hall–Kier alpha value is -2.97. The Morgan fingerprint density at radius 2 is 1.80 bits per heavy atom. The molecule has 128 valence electrons. The highest BCUT2D eigenvalue weighted by atomic mass is 35.5. The lowest BCUT2D eigenvalue weighted by molar-refractivity contribution is -0.112. The van der Waals surface area contributed by atoms with E-state index >= 15 is 0 Å². The topological polar surface area (TPSA) is 68.2 Å². The Balaban J connectivity index is 2.07. The van der Waals surface area contributed by atoms with Crippen LogP contribution in [0.5, 0.6) is 0 Å². The zero-order chi connectivity index (χ0) is 18.4. The van der Waals surface area contributed by atoms with Crippen molar-refractivity contribution in [1.29, 1.82) is 5.26 Å². The van der Waals surface area contributed by atoms with Gasteiger partial charge in [-0.05, 0) is 48.9 Å². The summed E-state index contributed by atoms with van der Waals surface area (Å²) in [6.45, 7) is 1.88. The average molecular weight is 355 g/mol. The number of nitrogens with zero attached hydrogens (tertiary/aromatic N) is 2. The zero-order valence-corrected chi connectivity index (χ0v) is 15.1. The molecule has 0 fully saturated rings. The second kappa shape index (κ2) is 8.22. The molecule has 0 aliphatic heterocycles. The summed E-state index contributed by atoms with van der Waals surface area (Å²) < 4.78 is 0. The van der Waals surface area contributed by atoms with Gasteiger partial charge in [0, 0.05) is 42.4 Å². The van der Waals surface area contributed by atoms with E-state index in [1.807, 2.05) is 56.3 Å². The van der Waals surface area contributed by atoms with Crippen LogP contribution in [0.25, 0.3) is 0 Å². The summed E-state index contributed by atoms with van der Waals surface area (Å²) in [5.41, 5.74) is 3.26. The number of anilines is 3. The molecule has 0 spiro atoms. The van der Waals surface area contributed by atoms with Crippen LogP contribution in [0, 0.1) is 18.3 Å². The van der Waals surface area contributed by atoms with Crippen LogP contribution in [0.2, 0.25) is 5.02 Å². The summed E-state index contributed by atoms with van der Waals surface area (Å²) >= 11 is 6.04. The van der Waals surface area contributed by atoms with Gasteiger partial charge in [-0.3, -0.25) is 4.79 Å². The van der Waals surface area contributed by atoms with E-state index in [2.05, 4.69) is 10.6 Å². The van der Waals surface area contributed by atoms with E-state index in [1.165, 1.54) is 6.20 Å². The molecule has 0 saturated heterocycles. The highest BCUT2D eigenvalue weighted by Gasteiger charge is 2.10. The van der Waals surface area contributed by atoms with Crippen molar-refractivity contribution in [2.24, 2.45) is 0 Å². The Bertz CT molecular complexity index is 835. The summed E-state index contributed by atoms with van der Waals surface area (Å²) in [5.74, 6) is -0.500. The molecular weight excluding hydrogens is 336 g/mol. The van der Waals surface area contributed by atoms with Gasteiger partial charge in [-0.2, -0.15) is 5.26 Å². The van der Waals surface area contributed by atoms with Gasteiger partial charge in [-0.15, -0.1) is 0 Å². The fourth-order valence-corrected chi connectivity index (χ4v) is 2.21. The predicted octanol–water partition coefficient (Wildman–Crippen LogP) is 4.17. The Morgan fingerprint density at radius 3 is 2.36 bits per heavy atom. The summed E-state index contributed by atoms with van der Waals surface area (Å²) in [5, 5.41) is 15.4. The fraction of sp³-hybridized carbons (Fsp3) is 0.158. The van der Waals surface area contributed by atoms with Gasteiger partial charge in [0.25, 0.3) is 5.91 Å². The van der Waals surface area contributed by atoms with E-state index < -0.39 is 5.91 Å². The van der Waals surface area contributed by atoms with Crippen LogP contribution in [-0.2, 0) is 4.79 Å². The first-order valence-electron chi connectivity index (χ1n) is 7.62. The van der Waals surface area contributed by atoms with Crippen molar-refractivity contribution in [2.45, 2.75) is 6.92 Å². The van der Waals surface area contributed by atoms with Crippen molar-refractivity contribution < 1.29 is 4.79 Å². The molecule has 6 heteroatoms. The molecule has 2 aromatic carbocycles. The van der Waals surface area contributed by atoms with Crippen LogP contribution < -0.4 is 15.5 Å². The minimum absolute atomic E-state index is 0.0339. The zero-order valence-electron chi connectivity index (χ0n) is 14.3. The number of rotatable bonds is 5. The van der Waals surface area contributed by atoms with Gasteiger partial charge < -0.3 is 15.5 Å². The van der Waals surface area contributed by atoms with Gasteiger partial charge in [0.1, 0.15) is 11.6 Å². The largest absolute Gasteiger partial charge is 0.378 e. The molecule has 0 aliphatic carbocycles. The number of benzene rings is 2. The van der Waals surface area contributed by atoms with Crippen LogP contribution in [0.1, 0.15) is 5.56 Å². The second-order valence-electron chi connectivity index (χ2n) is 5.67. The first-order chi connectivity index (χ1) is 11.9. The molecular formula is C19H19ClN4O. The third-order valence-electron chi connectivity index (χ3n) is 3.56.